The highest BCUT2D eigenvalue weighted by molar-refractivity contribution is 14.1. The molecular weight excluding hydrogens is 407 g/mol. The predicted octanol–water partition coefficient (Wildman–Crippen LogP) is 6.01. The number of aromatic nitrogens is 1. The van der Waals surface area contributed by atoms with Crippen LogP contribution < -0.4 is 0 Å². The third-order valence-corrected chi connectivity index (χ3v) is 4.92. The zero-order valence-electron chi connectivity index (χ0n) is 14.3. The molecule has 0 aliphatic carbocycles. The van der Waals surface area contributed by atoms with Crippen molar-refractivity contribution in [1.29, 1.82) is 0 Å². The second-order valence-corrected chi connectivity index (χ2v) is 7.13. The third-order valence-electron chi connectivity index (χ3n) is 4.24. The van der Waals surface area contributed by atoms with Crippen LogP contribution in [0.5, 0.6) is 0 Å². The minimum Gasteiger partial charge on any atom is -0.318 e. The van der Waals surface area contributed by atoms with E-state index in [2.05, 4.69) is 95.4 Å². The van der Waals surface area contributed by atoms with Gasteiger partial charge in [0.05, 0.1) is 5.69 Å². The summed E-state index contributed by atoms with van der Waals surface area (Å²) in [5.41, 5.74) is 7.24. The first kappa shape index (κ1) is 17.0. The number of aryl methyl sites for hydroxylation is 2. The summed E-state index contributed by atoms with van der Waals surface area (Å²) in [5.74, 6) is 0. The highest BCUT2D eigenvalue weighted by Gasteiger charge is 2.11. The molecule has 3 heteroatoms. The maximum absolute atomic E-state index is 4.65. The summed E-state index contributed by atoms with van der Waals surface area (Å²) in [4.78, 5) is 4.65. The summed E-state index contributed by atoms with van der Waals surface area (Å²) in [7, 11) is 0. The van der Waals surface area contributed by atoms with Crippen LogP contribution >= 0.6 is 22.6 Å². The lowest BCUT2D eigenvalue weighted by molar-refractivity contribution is 0.937. The second kappa shape index (κ2) is 7.34. The average molecular weight is 428 g/mol. The van der Waals surface area contributed by atoms with E-state index < -0.39 is 0 Å². The van der Waals surface area contributed by atoms with E-state index in [1.807, 2.05) is 18.3 Å². The Balaban J connectivity index is 2.01. The minimum atomic E-state index is 0.987. The Hall–Kier alpha value is -1.88. The summed E-state index contributed by atoms with van der Waals surface area (Å²) in [6.07, 6.45) is 3.00. The highest BCUT2D eigenvalue weighted by Crippen LogP contribution is 2.24. The van der Waals surface area contributed by atoms with Crippen LogP contribution in [-0.2, 0) is 6.42 Å². The van der Waals surface area contributed by atoms with Crippen molar-refractivity contribution in [3.63, 3.8) is 0 Å². The van der Waals surface area contributed by atoms with Crippen molar-refractivity contribution in [1.82, 2.24) is 4.57 Å². The van der Waals surface area contributed by atoms with Gasteiger partial charge in [0.25, 0.3) is 0 Å². The summed E-state index contributed by atoms with van der Waals surface area (Å²) in [6.45, 7) is 6.52. The Labute approximate surface area is 157 Å². The smallest absolute Gasteiger partial charge is 0.0640 e. The van der Waals surface area contributed by atoms with Crippen molar-refractivity contribution in [3.8, 4) is 5.69 Å². The topological polar surface area (TPSA) is 17.3 Å². The fourth-order valence-corrected chi connectivity index (χ4v) is 3.54. The van der Waals surface area contributed by atoms with Gasteiger partial charge < -0.3 is 4.57 Å². The van der Waals surface area contributed by atoms with Crippen LogP contribution in [0, 0.1) is 17.4 Å². The van der Waals surface area contributed by atoms with E-state index in [0.717, 1.165) is 17.7 Å². The molecule has 0 amide bonds. The van der Waals surface area contributed by atoms with E-state index in [1.54, 1.807) is 0 Å². The van der Waals surface area contributed by atoms with Gasteiger partial charge in [-0.15, -0.1) is 0 Å². The first-order valence-corrected chi connectivity index (χ1v) is 9.25. The lowest BCUT2D eigenvalue weighted by Crippen LogP contribution is -2.03. The monoisotopic (exact) mass is 428 g/mol. The van der Waals surface area contributed by atoms with Gasteiger partial charge in [-0.1, -0.05) is 31.2 Å². The van der Waals surface area contributed by atoms with Gasteiger partial charge in [-0.05, 0) is 78.8 Å². The van der Waals surface area contributed by atoms with Gasteiger partial charge >= 0.3 is 0 Å². The SMILES string of the molecule is CCc1ccccc1-n1c(C)cc(C=Nc2cccc(I)c2)c1C. The molecule has 0 spiro atoms. The first-order valence-electron chi connectivity index (χ1n) is 8.17. The van der Waals surface area contributed by atoms with E-state index in [4.69, 9.17) is 0 Å². The Morgan fingerprint density at radius 2 is 1.83 bits per heavy atom. The highest BCUT2D eigenvalue weighted by atomic mass is 127. The van der Waals surface area contributed by atoms with Gasteiger partial charge in [0, 0.05) is 32.4 Å². The molecule has 122 valence electrons. The standard InChI is InChI=1S/C21H21IN2/c1-4-17-8-5-6-11-21(17)24-15(2)12-18(16(24)3)14-23-20-10-7-9-19(22)13-20/h5-14H,4H2,1-3H3. The van der Waals surface area contributed by atoms with Crippen molar-refractivity contribution in [2.75, 3.05) is 0 Å². The molecule has 0 saturated carbocycles. The van der Waals surface area contributed by atoms with E-state index in [1.165, 1.54) is 26.2 Å². The first-order chi connectivity index (χ1) is 11.6. The van der Waals surface area contributed by atoms with Crippen LogP contribution in [0.3, 0.4) is 0 Å². The fraction of sp³-hybridized carbons (Fsp3) is 0.190. The quantitative estimate of drug-likeness (QED) is 0.358. The van der Waals surface area contributed by atoms with E-state index in [-0.39, 0.29) is 0 Å². The molecule has 0 N–H and O–H groups in total. The van der Waals surface area contributed by atoms with Gasteiger partial charge in [-0.2, -0.15) is 0 Å². The number of halogens is 1. The Kier molecular flexibility index (Phi) is 5.19. The van der Waals surface area contributed by atoms with Crippen molar-refractivity contribution in [2.24, 2.45) is 4.99 Å². The van der Waals surface area contributed by atoms with Crippen molar-refractivity contribution in [3.05, 3.63) is 80.7 Å². The average Bonchev–Trinajstić information content (AvgIpc) is 2.87. The molecule has 0 unspecified atom stereocenters. The molecule has 2 aromatic carbocycles. The number of para-hydroxylation sites is 1. The fourth-order valence-electron chi connectivity index (χ4n) is 3.02. The number of aliphatic imine (C=N–C) groups is 1. The molecular formula is C21H21IN2. The number of benzene rings is 2. The lowest BCUT2D eigenvalue weighted by Gasteiger charge is -2.13. The van der Waals surface area contributed by atoms with Crippen LogP contribution in [0.25, 0.3) is 5.69 Å². The van der Waals surface area contributed by atoms with Gasteiger partial charge in [-0.3, -0.25) is 4.99 Å². The van der Waals surface area contributed by atoms with Crippen molar-refractivity contribution < 1.29 is 0 Å². The molecule has 0 radical (unpaired) electrons. The Morgan fingerprint density at radius 3 is 2.58 bits per heavy atom. The lowest BCUT2D eigenvalue weighted by atomic mass is 10.1. The molecule has 0 bridgehead atoms. The van der Waals surface area contributed by atoms with Crippen LogP contribution in [0.15, 0.2) is 59.6 Å². The normalized spacial score (nSPS) is 11.3. The molecule has 0 aliphatic heterocycles. The molecule has 3 rings (SSSR count). The van der Waals surface area contributed by atoms with Crippen LogP contribution in [0.1, 0.15) is 29.4 Å². The van der Waals surface area contributed by atoms with Gasteiger partial charge in [0.2, 0.25) is 0 Å². The zero-order valence-corrected chi connectivity index (χ0v) is 16.4. The summed E-state index contributed by atoms with van der Waals surface area (Å²) in [5, 5.41) is 0. The second-order valence-electron chi connectivity index (χ2n) is 5.88. The minimum absolute atomic E-state index is 0.987. The van der Waals surface area contributed by atoms with Crippen LogP contribution in [0.4, 0.5) is 5.69 Å². The third kappa shape index (κ3) is 3.46. The summed E-state index contributed by atoms with van der Waals surface area (Å²) in [6, 6.07) is 19.0. The van der Waals surface area contributed by atoms with Gasteiger partial charge in [-0.25, -0.2) is 0 Å². The van der Waals surface area contributed by atoms with E-state index in [9.17, 15) is 0 Å². The molecule has 24 heavy (non-hydrogen) atoms. The van der Waals surface area contributed by atoms with Gasteiger partial charge in [0.1, 0.15) is 0 Å². The molecule has 1 heterocycles. The molecule has 1 aromatic heterocycles. The molecule has 0 aliphatic rings. The van der Waals surface area contributed by atoms with E-state index in [0.29, 0.717) is 0 Å². The number of nitrogens with zero attached hydrogens (tertiary/aromatic N) is 2. The van der Waals surface area contributed by atoms with E-state index >= 15 is 0 Å². The Morgan fingerprint density at radius 1 is 1.04 bits per heavy atom. The number of hydrogen-bond acceptors (Lipinski definition) is 1. The molecule has 0 fully saturated rings. The van der Waals surface area contributed by atoms with Gasteiger partial charge in [0.15, 0.2) is 0 Å². The predicted molar refractivity (Wildman–Crippen MR) is 111 cm³/mol. The van der Waals surface area contributed by atoms with Crippen LogP contribution in [0.2, 0.25) is 0 Å². The van der Waals surface area contributed by atoms with Crippen molar-refractivity contribution in [2.45, 2.75) is 27.2 Å². The van der Waals surface area contributed by atoms with Crippen LogP contribution in [-0.4, -0.2) is 10.8 Å². The molecule has 0 atom stereocenters. The maximum Gasteiger partial charge on any atom is 0.0640 e. The largest absolute Gasteiger partial charge is 0.318 e. The number of rotatable bonds is 4. The molecule has 0 saturated heterocycles. The molecule has 2 nitrogen and oxygen atoms in total. The summed E-state index contributed by atoms with van der Waals surface area (Å²) >= 11 is 2.31. The number of hydrogen-bond donors (Lipinski definition) is 0. The van der Waals surface area contributed by atoms with Crippen molar-refractivity contribution >= 4 is 34.5 Å². The maximum atomic E-state index is 4.65. The zero-order chi connectivity index (χ0) is 17.1. The molecule has 3 aromatic rings. The summed E-state index contributed by atoms with van der Waals surface area (Å²) < 4.78 is 3.53. The Bertz CT molecular complexity index is 891.